The maximum absolute atomic E-state index is 8.54. The molecule has 1 aliphatic rings. The molecular weight excluding hydrogens is 194 g/mol. The number of thiazole rings is 1. The molecule has 1 atom stereocenters. The van der Waals surface area contributed by atoms with E-state index in [1.54, 1.807) is 11.3 Å². The number of piperidine rings is 1. The zero-order valence-corrected chi connectivity index (χ0v) is 8.81. The van der Waals surface area contributed by atoms with E-state index in [-0.39, 0.29) is 0 Å². The Balaban J connectivity index is 2.04. The van der Waals surface area contributed by atoms with Gasteiger partial charge in [-0.05, 0) is 19.4 Å². The van der Waals surface area contributed by atoms with E-state index in [9.17, 15) is 0 Å². The van der Waals surface area contributed by atoms with Crippen LogP contribution in [0.2, 0.25) is 0 Å². The molecular formula is C10H13N3S. The second-order valence-corrected chi connectivity index (χ2v) is 4.45. The van der Waals surface area contributed by atoms with Crippen LogP contribution in [-0.2, 0) is 6.42 Å². The monoisotopic (exact) mass is 207 g/mol. The lowest BCUT2D eigenvalue weighted by Crippen LogP contribution is -2.26. The summed E-state index contributed by atoms with van der Waals surface area (Å²) in [5.41, 5.74) is 1.12. The molecule has 3 nitrogen and oxygen atoms in total. The standard InChI is InChI=1S/C10H13N3S/c11-5-4-10-13-9(7-14-10)8-3-1-2-6-12-8/h7-8,12H,1-4,6H2. The van der Waals surface area contributed by atoms with E-state index < -0.39 is 0 Å². The number of hydrogen-bond acceptors (Lipinski definition) is 4. The molecule has 0 amide bonds. The molecule has 1 aromatic heterocycles. The van der Waals surface area contributed by atoms with Gasteiger partial charge in [-0.15, -0.1) is 11.3 Å². The molecule has 0 saturated carbocycles. The third-order valence-electron chi connectivity index (χ3n) is 2.47. The molecule has 1 saturated heterocycles. The van der Waals surface area contributed by atoms with Gasteiger partial charge in [0.25, 0.3) is 0 Å². The van der Waals surface area contributed by atoms with E-state index >= 15 is 0 Å². The second-order valence-electron chi connectivity index (χ2n) is 3.50. The molecule has 1 fully saturated rings. The van der Waals surface area contributed by atoms with Gasteiger partial charge < -0.3 is 5.32 Å². The zero-order valence-electron chi connectivity index (χ0n) is 7.99. The Morgan fingerprint density at radius 3 is 3.29 bits per heavy atom. The molecule has 2 heterocycles. The first-order valence-electron chi connectivity index (χ1n) is 4.95. The fourth-order valence-electron chi connectivity index (χ4n) is 1.74. The number of aromatic nitrogens is 1. The Bertz CT molecular complexity index is 333. The topological polar surface area (TPSA) is 48.7 Å². The van der Waals surface area contributed by atoms with Gasteiger partial charge in [-0.2, -0.15) is 5.26 Å². The summed E-state index contributed by atoms with van der Waals surface area (Å²) in [5.74, 6) is 0. The normalized spacial score (nSPS) is 21.8. The van der Waals surface area contributed by atoms with Gasteiger partial charge in [-0.25, -0.2) is 4.98 Å². The highest BCUT2D eigenvalue weighted by Crippen LogP contribution is 2.24. The molecule has 0 radical (unpaired) electrons. The van der Waals surface area contributed by atoms with Gasteiger partial charge in [0.2, 0.25) is 0 Å². The van der Waals surface area contributed by atoms with E-state index in [1.165, 1.54) is 19.3 Å². The SMILES string of the molecule is N#CCc1nc(C2CCCCN2)cs1. The summed E-state index contributed by atoms with van der Waals surface area (Å²) in [6, 6.07) is 2.55. The molecule has 1 aliphatic heterocycles. The summed E-state index contributed by atoms with van der Waals surface area (Å²) in [6.07, 6.45) is 4.17. The van der Waals surface area contributed by atoms with Crippen molar-refractivity contribution in [1.29, 1.82) is 5.26 Å². The summed E-state index contributed by atoms with van der Waals surface area (Å²) in [4.78, 5) is 4.46. The van der Waals surface area contributed by atoms with Crippen molar-refractivity contribution in [1.82, 2.24) is 10.3 Å². The average molecular weight is 207 g/mol. The maximum Gasteiger partial charge on any atom is 0.107 e. The van der Waals surface area contributed by atoms with Gasteiger partial charge in [0.15, 0.2) is 0 Å². The van der Waals surface area contributed by atoms with E-state index in [4.69, 9.17) is 5.26 Å². The van der Waals surface area contributed by atoms with Crippen LogP contribution in [0.5, 0.6) is 0 Å². The number of nitrogens with one attached hydrogen (secondary N) is 1. The predicted octanol–water partition coefficient (Wildman–Crippen LogP) is 2.02. The van der Waals surface area contributed by atoms with Crippen molar-refractivity contribution in [2.75, 3.05) is 6.54 Å². The van der Waals surface area contributed by atoms with Gasteiger partial charge in [0.05, 0.1) is 24.2 Å². The molecule has 0 aromatic carbocycles. The third-order valence-corrected chi connectivity index (χ3v) is 3.33. The van der Waals surface area contributed by atoms with Crippen molar-refractivity contribution in [2.45, 2.75) is 31.7 Å². The van der Waals surface area contributed by atoms with Crippen LogP contribution >= 0.6 is 11.3 Å². The van der Waals surface area contributed by atoms with Crippen LogP contribution in [0.3, 0.4) is 0 Å². The smallest absolute Gasteiger partial charge is 0.107 e. The van der Waals surface area contributed by atoms with Crippen LogP contribution in [0.4, 0.5) is 0 Å². The quantitative estimate of drug-likeness (QED) is 0.807. The largest absolute Gasteiger partial charge is 0.309 e. The van der Waals surface area contributed by atoms with E-state index in [0.717, 1.165) is 17.2 Å². The van der Waals surface area contributed by atoms with Crippen molar-refractivity contribution in [2.24, 2.45) is 0 Å². The van der Waals surface area contributed by atoms with Gasteiger partial charge in [-0.3, -0.25) is 0 Å². The van der Waals surface area contributed by atoms with E-state index in [1.807, 2.05) is 0 Å². The van der Waals surface area contributed by atoms with Crippen LogP contribution in [0, 0.1) is 11.3 Å². The predicted molar refractivity (Wildman–Crippen MR) is 56.0 cm³/mol. The molecule has 2 rings (SSSR count). The van der Waals surface area contributed by atoms with E-state index in [2.05, 4.69) is 21.8 Å². The Morgan fingerprint density at radius 1 is 1.64 bits per heavy atom. The highest BCUT2D eigenvalue weighted by molar-refractivity contribution is 7.09. The second kappa shape index (κ2) is 4.54. The van der Waals surface area contributed by atoms with Gasteiger partial charge in [0, 0.05) is 5.38 Å². The maximum atomic E-state index is 8.54. The Kier molecular flexibility index (Phi) is 3.12. The first kappa shape index (κ1) is 9.63. The van der Waals surface area contributed by atoms with Crippen molar-refractivity contribution in [3.05, 3.63) is 16.1 Å². The molecule has 14 heavy (non-hydrogen) atoms. The lowest BCUT2D eigenvalue weighted by atomic mass is 10.0. The highest BCUT2D eigenvalue weighted by atomic mass is 32.1. The molecule has 1 unspecified atom stereocenters. The first-order chi connectivity index (χ1) is 6.90. The van der Waals surface area contributed by atoms with Crippen molar-refractivity contribution >= 4 is 11.3 Å². The van der Waals surface area contributed by atoms with E-state index in [0.29, 0.717) is 12.5 Å². The Hall–Kier alpha value is -0.920. The van der Waals surface area contributed by atoms with Crippen LogP contribution in [0.25, 0.3) is 0 Å². The first-order valence-corrected chi connectivity index (χ1v) is 5.83. The van der Waals surface area contributed by atoms with Crippen LogP contribution in [0.15, 0.2) is 5.38 Å². The van der Waals surface area contributed by atoms with Crippen molar-refractivity contribution in [3.8, 4) is 6.07 Å². The summed E-state index contributed by atoms with van der Waals surface area (Å²) >= 11 is 1.59. The summed E-state index contributed by atoms with van der Waals surface area (Å²) in [6.45, 7) is 1.09. The minimum atomic E-state index is 0.424. The average Bonchev–Trinajstić information content (AvgIpc) is 2.68. The van der Waals surface area contributed by atoms with Crippen LogP contribution in [0.1, 0.15) is 36.0 Å². The summed E-state index contributed by atoms with van der Waals surface area (Å²) in [5, 5.41) is 15.0. The lowest BCUT2D eigenvalue weighted by molar-refractivity contribution is 0.406. The highest BCUT2D eigenvalue weighted by Gasteiger charge is 2.17. The van der Waals surface area contributed by atoms with Crippen LogP contribution in [-0.4, -0.2) is 11.5 Å². The molecule has 74 valence electrons. The Labute approximate surface area is 87.8 Å². The fraction of sp³-hybridized carbons (Fsp3) is 0.600. The van der Waals surface area contributed by atoms with Crippen LogP contribution < -0.4 is 5.32 Å². The lowest BCUT2D eigenvalue weighted by Gasteiger charge is -2.21. The number of nitriles is 1. The molecule has 1 N–H and O–H groups in total. The van der Waals surface area contributed by atoms with Crippen molar-refractivity contribution in [3.63, 3.8) is 0 Å². The Morgan fingerprint density at radius 2 is 2.57 bits per heavy atom. The molecule has 1 aromatic rings. The fourth-order valence-corrected chi connectivity index (χ4v) is 2.52. The zero-order chi connectivity index (χ0) is 9.80. The number of hydrogen-bond donors (Lipinski definition) is 1. The number of rotatable bonds is 2. The molecule has 0 spiro atoms. The van der Waals surface area contributed by atoms with Gasteiger partial charge in [0.1, 0.15) is 5.01 Å². The minimum absolute atomic E-state index is 0.424. The summed E-state index contributed by atoms with van der Waals surface area (Å²) in [7, 11) is 0. The minimum Gasteiger partial charge on any atom is -0.309 e. The third kappa shape index (κ3) is 2.11. The molecule has 0 aliphatic carbocycles. The molecule has 4 heteroatoms. The van der Waals surface area contributed by atoms with Crippen molar-refractivity contribution < 1.29 is 0 Å². The summed E-state index contributed by atoms with van der Waals surface area (Å²) < 4.78 is 0. The van der Waals surface area contributed by atoms with Gasteiger partial charge in [-0.1, -0.05) is 6.42 Å². The van der Waals surface area contributed by atoms with Gasteiger partial charge >= 0.3 is 0 Å². The molecule has 0 bridgehead atoms. The number of nitrogens with zero attached hydrogens (tertiary/aromatic N) is 2.